The van der Waals surface area contributed by atoms with E-state index in [9.17, 15) is 14.4 Å². The van der Waals surface area contributed by atoms with Crippen LogP contribution in [-0.2, 0) is 14.4 Å². The zero-order chi connectivity index (χ0) is 9.02. The lowest BCUT2D eigenvalue weighted by molar-refractivity contribution is -0.136. The first-order valence-electron chi connectivity index (χ1n) is 2.64. The second-order valence-corrected chi connectivity index (χ2v) is 1.76. The van der Waals surface area contributed by atoms with Gasteiger partial charge >= 0.3 is 11.9 Å². The highest BCUT2D eigenvalue weighted by Crippen LogP contribution is 1.95. The van der Waals surface area contributed by atoms with Crippen molar-refractivity contribution < 1.29 is 24.6 Å². The topological polar surface area (TPSA) is 91.7 Å². The summed E-state index contributed by atoms with van der Waals surface area (Å²) in [5.41, 5.74) is -0.725. The number of carboxylic acids is 2. The van der Waals surface area contributed by atoms with E-state index in [0.29, 0.717) is 6.08 Å². The van der Waals surface area contributed by atoms with Gasteiger partial charge in [0.2, 0.25) is 0 Å². The summed E-state index contributed by atoms with van der Waals surface area (Å²) in [5.74, 6) is -3.75. The van der Waals surface area contributed by atoms with Gasteiger partial charge in [-0.05, 0) is 6.92 Å². The Kier molecular flexibility index (Phi) is 2.98. The van der Waals surface area contributed by atoms with E-state index in [2.05, 4.69) is 0 Å². The Hall–Kier alpha value is -1.65. The van der Waals surface area contributed by atoms with Gasteiger partial charge in [0, 0.05) is 6.08 Å². The van der Waals surface area contributed by atoms with E-state index in [4.69, 9.17) is 10.2 Å². The van der Waals surface area contributed by atoms with Crippen LogP contribution < -0.4 is 0 Å². The minimum atomic E-state index is -1.53. The van der Waals surface area contributed by atoms with Gasteiger partial charge < -0.3 is 10.2 Å². The molecule has 0 spiro atoms. The number of ketones is 1. The molecule has 5 nitrogen and oxygen atoms in total. The molecule has 0 aromatic carbocycles. The standard InChI is InChI=1S/C6H6O5/c1-3(7)4(6(10)11)2-5(8)9/h2H,1H3,(H,8,9)(H,10,11). The van der Waals surface area contributed by atoms with Gasteiger partial charge in [-0.15, -0.1) is 0 Å². The quantitative estimate of drug-likeness (QED) is 0.333. The van der Waals surface area contributed by atoms with Gasteiger partial charge in [0.05, 0.1) is 0 Å². The first-order valence-corrected chi connectivity index (χ1v) is 2.64. The van der Waals surface area contributed by atoms with E-state index in [1.54, 1.807) is 0 Å². The molecule has 11 heavy (non-hydrogen) atoms. The van der Waals surface area contributed by atoms with Crippen molar-refractivity contribution in [2.45, 2.75) is 6.92 Å². The summed E-state index contributed by atoms with van der Waals surface area (Å²) >= 11 is 0. The molecular weight excluding hydrogens is 152 g/mol. The summed E-state index contributed by atoms with van der Waals surface area (Å²) in [4.78, 5) is 30.5. The van der Waals surface area contributed by atoms with Crippen LogP contribution in [-0.4, -0.2) is 27.9 Å². The maximum absolute atomic E-state index is 10.4. The maximum Gasteiger partial charge on any atom is 0.339 e. The summed E-state index contributed by atoms with van der Waals surface area (Å²) < 4.78 is 0. The summed E-state index contributed by atoms with van der Waals surface area (Å²) in [6, 6.07) is 0. The number of carbonyl (C=O) groups is 3. The van der Waals surface area contributed by atoms with E-state index < -0.39 is 23.3 Å². The molecule has 0 saturated carbocycles. The van der Waals surface area contributed by atoms with Crippen LogP contribution >= 0.6 is 0 Å². The molecule has 60 valence electrons. The highest BCUT2D eigenvalue weighted by atomic mass is 16.4. The van der Waals surface area contributed by atoms with Crippen LogP contribution in [0.25, 0.3) is 0 Å². The van der Waals surface area contributed by atoms with Gasteiger partial charge in [-0.25, -0.2) is 9.59 Å². The van der Waals surface area contributed by atoms with Crippen LogP contribution in [0.4, 0.5) is 0 Å². The average Bonchev–Trinajstić information content (AvgIpc) is 1.81. The number of hydrogen-bond donors (Lipinski definition) is 2. The molecule has 0 unspecified atom stereocenters. The Balaban J connectivity index is 4.75. The number of hydrogen-bond acceptors (Lipinski definition) is 3. The minimum Gasteiger partial charge on any atom is -0.478 e. The van der Waals surface area contributed by atoms with Crippen LogP contribution in [0.5, 0.6) is 0 Å². The number of carbonyl (C=O) groups excluding carboxylic acids is 1. The van der Waals surface area contributed by atoms with Crippen LogP contribution in [0.1, 0.15) is 6.92 Å². The first-order chi connectivity index (χ1) is 4.95. The van der Waals surface area contributed by atoms with Crippen molar-refractivity contribution in [2.24, 2.45) is 0 Å². The predicted molar refractivity (Wildman–Crippen MR) is 34.0 cm³/mol. The lowest BCUT2D eigenvalue weighted by Gasteiger charge is -1.91. The summed E-state index contributed by atoms with van der Waals surface area (Å²) in [5, 5.41) is 16.3. The number of rotatable bonds is 3. The Morgan fingerprint density at radius 3 is 1.73 bits per heavy atom. The molecule has 0 aliphatic carbocycles. The van der Waals surface area contributed by atoms with Gasteiger partial charge in [-0.2, -0.15) is 0 Å². The Morgan fingerprint density at radius 1 is 1.18 bits per heavy atom. The fraction of sp³-hybridized carbons (Fsp3) is 0.167. The van der Waals surface area contributed by atoms with Crippen molar-refractivity contribution in [3.05, 3.63) is 11.6 Å². The van der Waals surface area contributed by atoms with Crippen LogP contribution in [0.2, 0.25) is 0 Å². The van der Waals surface area contributed by atoms with Crippen molar-refractivity contribution in [3.8, 4) is 0 Å². The highest BCUT2D eigenvalue weighted by molar-refractivity contribution is 6.18. The molecule has 0 aromatic rings. The molecule has 0 radical (unpaired) electrons. The fourth-order valence-corrected chi connectivity index (χ4v) is 0.437. The largest absolute Gasteiger partial charge is 0.478 e. The summed E-state index contributed by atoms with van der Waals surface area (Å²) in [6.45, 7) is 0.989. The normalized spacial score (nSPS) is 10.8. The zero-order valence-corrected chi connectivity index (χ0v) is 5.70. The molecule has 0 aliphatic rings. The second-order valence-electron chi connectivity index (χ2n) is 1.76. The molecule has 0 amide bonds. The molecule has 5 heteroatoms. The van der Waals surface area contributed by atoms with Gasteiger partial charge in [-0.1, -0.05) is 0 Å². The second kappa shape index (κ2) is 3.50. The molecule has 0 saturated heterocycles. The molecule has 0 bridgehead atoms. The van der Waals surface area contributed by atoms with Crippen LogP contribution in [0, 0.1) is 0 Å². The van der Waals surface area contributed by atoms with Crippen LogP contribution in [0.15, 0.2) is 11.6 Å². The number of aliphatic carboxylic acids is 2. The van der Waals surface area contributed by atoms with Gasteiger partial charge in [-0.3, -0.25) is 4.79 Å². The molecule has 0 fully saturated rings. The molecule has 0 rings (SSSR count). The van der Waals surface area contributed by atoms with E-state index >= 15 is 0 Å². The third-order valence-electron chi connectivity index (χ3n) is 0.878. The van der Waals surface area contributed by atoms with Gasteiger partial charge in [0.25, 0.3) is 0 Å². The van der Waals surface area contributed by atoms with Crippen molar-refractivity contribution >= 4 is 17.7 Å². The van der Waals surface area contributed by atoms with Crippen molar-refractivity contribution in [1.29, 1.82) is 0 Å². The molecule has 0 heterocycles. The lowest BCUT2D eigenvalue weighted by atomic mass is 10.2. The zero-order valence-electron chi connectivity index (χ0n) is 5.70. The lowest BCUT2D eigenvalue weighted by Crippen LogP contribution is -2.10. The van der Waals surface area contributed by atoms with E-state index in [1.165, 1.54) is 0 Å². The molecule has 0 atom stereocenters. The Morgan fingerprint density at radius 2 is 1.64 bits per heavy atom. The SMILES string of the molecule is CC(=O)C(=CC(=O)O)C(=O)O. The fourth-order valence-electron chi connectivity index (χ4n) is 0.437. The van der Waals surface area contributed by atoms with Gasteiger partial charge in [0.15, 0.2) is 5.78 Å². The van der Waals surface area contributed by atoms with E-state index in [-0.39, 0.29) is 0 Å². The first kappa shape index (κ1) is 9.35. The van der Waals surface area contributed by atoms with Crippen molar-refractivity contribution in [3.63, 3.8) is 0 Å². The molecule has 0 aromatic heterocycles. The Bertz CT molecular complexity index is 221. The third-order valence-corrected chi connectivity index (χ3v) is 0.878. The third kappa shape index (κ3) is 3.14. The van der Waals surface area contributed by atoms with Crippen LogP contribution in [0.3, 0.4) is 0 Å². The van der Waals surface area contributed by atoms with E-state index in [1.807, 2.05) is 0 Å². The molecule has 0 aliphatic heterocycles. The maximum atomic E-state index is 10.4. The van der Waals surface area contributed by atoms with Crippen molar-refractivity contribution in [2.75, 3.05) is 0 Å². The smallest absolute Gasteiger partial charge is 0.339 e. The molecule has 2 N–H and O–H groups in total. The summed E-state index contributed by atoms with van der Waals surface area (Å²) in [6.07, 6.45) is 0.366. The average molecular weight is 158 g/mol. The Labute approximate surface area is 61.9 Å². The van der Waals surface area contributed by atoms with E-state index in [0.717, 1.165) is 6.92 Å². The number of Topliss-reactive ketones (excluding diaryl/α,β-unsaturated/α-hetero) is 1. The predicted octanol–water partition coefficient (Wildman–Crippen LogP) is -0.329. The number of carboxylic acid groups (broad SMARTS) is 2. The summed E-state index contributed by atoms with van der Waals surface area (Å²) in [7, 11) is 0. The van der Waals surface area contributed by atoms with Gasteiger partial charge in [0.1, 0.15) is 5.57 Å². The monoisotopic (exact) mass is 158 g/mol. The minimum absolute atomic E-state index is 0.366. The molecular formula is C6H6O5. The highest BCUT2D eigenvalue weighted by Gasteiger charge is 2.13. The van der Waals surface area contributed by atoms with Crippen molar-refractivity contribution in [1.82, 2.24) is 0 Å².